The summed E-state index contributed by atoms with van der Waals surface area (Å²) < 4.78 is 4.05. The molecule has 0 unspecified atom stereocenters. The molecule has 11 heavy (non-hydrogen) atoms. The van der Waals surface area contributed by atoms with E-state index >= 15 is 0 Å². The summed E-state index contributed by atoms with van der Waals surface area (Å²) in [4.78, 5) is 14.4. The van der Waals surface area contributed by atoms with Crippen LogP contribution in [0.2, 0.25) is 0 Å². The average molecular weight is 148 g/mol. The number of nitrogens with zero attached hydrogens (tertiary/aromatic N) is 2. The summed E-state index contributed by atoms with van der Waals surface area (Å²) >= 11 is 0. The summed E-state index contributed by atoms with van der Waals surface area (Å²) in [6.07, 6.45) is 4.15. The number of hydrogen-bond donors (Lipinski definition) is 0. The maximum Gasteiger partial charge on any atom is 0.355 e. The third-order valence-electron chi connectivity index (χ3n) is 1.04. The third-order valence-corrected chi connectivity index (χ3v) is 1.04. The maximum atomic E-state index is 10.8. The summed E-state index contributed by atoms with van der Waals surface area (Å²) in [7, 11) is 0. The highest BCUT2D eigenvalue weighted by atomic mass is 16.5. The van der Waals surface area contributed by atoms with Crippen molar-refractivity contribution in [1.82, 2.24) is 4.98 Å². The number of esters is 1. The van der Waals surface area contributed by atoms with Crippen LogP contribution in [0.1, 0.15) is 10.4 Å². The fraction of sp³-hybridized carbons (Fsp3) is 0. The quantitative estimate of drug-likeness (QED) is 0.434. The zero-order chi connectivity index (χ0) is 8.10. The number of nitriles is 1. The summed E-state index contributed by atoms with van der Waals surface area (Å²) in [5.74, 6) is -0.680. The van der Waals surface area contributed by atoms with E-state index in [1.807, 2.05) is 0 Å². The molecule has 0 bridgehead atoms. The number of pyridine rings is 1. The standard InChI is InChI=1S/C7H4N2O2/c8-5-11-7(10)6-2-1-3-9-4-6/h1-4H. The van der Waals surface area contributed by atoms with Crippen LogP contribution in [0.3, 0.4) is 0 Å². The molecular weight excluding hydrogens is 144 g/mol. The minimum absolute atomic E-state index is 0.272. The topological polar surface area (TPSA) is 63.0 Å². The van der Waals surface area contributed by atoms with Crippen LogP contribution < -0.4 is 0 Å². The number of carbonyl (C=O) groups is 1. The first-order chi connectivity index (χ1) is 5.34. The lowest BCUT2D eigenvalue weighted by Crippen LogP contribution is -2.00. The molecule has 0 spiro atoms. The van der Waals surface area contributed by atoms with Crippen LogP contribution in [0.4, 0.5) is 0 Å². The van der Waals surface area contributed by atoms with Gasteiger partial charge in [0.15, 0.2) is 0 Å². The van der Waals surface area contributed by atoms with E-state index in [1.54, 1.807) is 6.07 Å². The Morgan fingerprint density at radius 1 is 1.73 bits per heavy atom. The number of hydrogen-bond acceptors (Lipinski definition) is 4. The Kier molecular flexibility index (Phi) is 2.18. The van der Waals surface area contributed by atoms with Gasteiger partial charge in [-0.1, -0.05) is 0 Å². The highest BCUT2D eigenvalue weighted by Gasteiger charge is 2.04. The molecule has 0 amide bonds. The van der Waals surface area contributed by atoms with Gasteiger partial charge in [-0.25, -0.2) is 4.79 Å². The van der Waals surface area contributed by atoms with Gasteiger partial charge in [0.25, 0.3) is 6.26 Å². The van der Waals surface area contributed by atoms with Crippen molar-refractivity contribution in [3.05, 3.63) is 30.1 Å². The molecular formula is C7H4N2O2. The summed E-state index contributed by atoms with van der Waals surface area (Å²) in [6.45, 7) is 0. The van der Waals surface area contributed by atoms with Gasteiger partial charge in [0, 0.05) is 12.4 Å². The molecule has 1 aromatic heterocycles. The lowest BCUT2D eigenvalue weighted by Gasteiger charge is -1.91. The predicted octanol–water partition coefficient (Wildman–Crippen LogP) is 0.719. The van der Waals surface area contributed by atoms with Gasteiger partial charge in [-0.2, -0.15) is 0 Å². The highest BCUT2D eigenvalue weighted by Crippen LogP contribution is 1.97. The Morgan fingerprint density at radius 3 is 3.09 bits per heavy atom. The van der Waals surface area contributed by atoms with E-state index in [9.17, 15) is 4.79 Å². The molecule has 0 atom stereocenters. The monoisotopic (exact) mass is 148 g/mol. The number of ether oxygens (including phenoxy) is 1. The molecule has 0 N–H and O–H groups in total. The Bertz CT molecular complexity index is 289. The molecule has 54 valence electrons. The lowest BCUT2D eigenvalue weighted by molar-refractivity contribution is 0.0685. The van der Waals surface area contributed by atoms with E-state index in [0.29, 0.717) is 0 Å². The van der Waals surface area contributed by atoms with Gasteiger partial charge in [-0.15, -0.1) is 5.26 Å². The Labute approximate surface area is 63.0 Å². The van der Waals surface area contributed by atoms with E-state index < -0.39 is 5.97 Å². The zero-order valence-electron chi connectivity index (χ0n) is 5.52. The normalized spacial score (nSPS) is 8.27. The zero-order valence-corrected chi connectivity index (χ0v) is 5.52. The first kappa shape index (κ1) is 7.22. The SMILES string of the molecule is N#COC(=O)c1cccnc1. The van der Waals surface area contributed by atoms with Crippen molar-refractivity contribution in [2.45, 2.75) is 0 Å². The van der Waals surface area contributed by atoms with Crippen LogP contribution in [0.15, 0.2) is 24.5 Å². The second-order valence-corrected chi connectivity index (χ2v) is 1.72. The van der Waals surface area contributed by atoms with E-state index in [4.69, 9.17) is 5.26 Å². The van der Waals surface area contributed by atoms with Crippen LogP contribution in [-0.2, 0) is 4.74 Å². The molecule has 1 heterocycles. The van der Waals surface area contributed by atoms with Crippen LogP contribution in [0.25, 0.3) is 0 Å². The van der Waals surface area contributed by atoms with E-state index in [-0.39, 0.29) is 5.56 Å². The smallest absolute Gasteiger partial charge is 0.347 e. The fourth-order valence-corrected chi connectivity index (χ4v) is 0.584. The van der Waals surface area contributed by atoms with Crippen molar-refractivity contribution in [2.75, 3.05) is 0 Å². The molecule has 0 radical (unpaired) electrons. The Hall–Kier alpha value is -1.89. The van der Waals surface area contributed by atoms with Gasteiger partial charge in [-0.05, 0) is 12.1 Å². The van der Waals surface area contributed by atoms with E-state index in [1.165, 1.54) is 24.7 Å². The van der Waals surface area contributed by atoms with Gasteiger partial charge in [-0.3, -0.25) is 4.98 Å². The molecule has 0 saturated heterocycles. The molecule has 0 aromatic carbocycles. The van der Waals surface area contributed by atoms with Crippen molar-refractivity contribution in [3.63, 3.8) is 0 Å². The van der Waals surface area contributed by atoms with Crippen molar-refractivity contribution in [1.29, 1.82) is 5.26 Å². The second-order valence-electron chi connectivity index (χ2n) is 1.72. The summed E-state index contributed by atoms with van der Waals surface area (Å²) in [5.41, 5.74) is 0.272. The molecule has 4 heteroatoms. The Morgan fingerprint density at radius 2 is 2.55 bits per heavy atom. The fourth-order valence-electron chi connectivity index (χ4n) is 0.584. The van der Waals surface area contributed by atoms with Crippen molar-refractivity contribution in [2.24, 2.45) is 0 Å². The third kappa shape index (κ3) is 1.76. The molecule has 1 aromatic rings. The maximum absolute atomic E-state index is 10.8. The number of rotatable bonds is 1. The molecule has 0 aliphatic carbocycles. The van der Waals surface area contributed by atoms with Crippen LogP contribution >= 0.6 is 0 Å². The number of carbonyl (C=O) groups excluding carboxylic acids is 1. The van der Waals surface area contributed by atoms with Gasteiger partial charge < -0.3 is 4.74 Å². The van der Waals surface area contributed by atoms with Gasteiger partial charge >= 0.3 is 5.97 Å². The van der Waals surface area contributed by atoms with E-state index in [2.05, 4.69) is 9.72 Å². The van der Waals surface area contributed by atoms with Crippen molar-refractivity contribution < 1.29 is 9.53 Å². The summed E-state index contributed by atoms with van der Waals surface area (Å²) in [5, 5.41) is 7.98. The molecule has 0 aliphatic heterocycles. The molecule has 1 rings (SSSR count). The van der Waals surface area contributed by atoms with Gasteiger partial charge in [0.2, 0.25) is 0 Å². The predicted molar refractivity (Wildman–Crippen MR) is 35.3 cm³/mol. The largest absolute Gasteiger partial charge is 0.355 e. The lowest BCUT2D eigenvalue weighted by atomic mass is 10.3. The minimum Gasteiger partial charge on any atom is -0.347 e. The first-order valence-corrected chi connectivity index (χ1v) is 2.85. The van der Waals surface area contributed by atoms with Gasteiger partial charge in [0.1, 0.15) is 0 Å². The molecule has 0 fully saturated rings. The number of aromatic nitrogens is 1. The van der Waals surface area contributed by atoms with E-state index in [0.717, 1.165) is 0 Å². The molecule has 4 nitrogen and oxygen atoms in total. The minimum atomic E-state index is -0.680. The van der Waals surface area contributed by atoms with Crippen LogP contribution in [-0.4, -0.2) is 11.0 Å². The Balaban J connectivity index is 2.79. The summed E-state index contributed by atoms with van der Waals surface area (Å²) in [6, 6.07) is 3.11. The van der Waals surface area contributed by atoms with Crippen LogP contribution in [0, 0.1) is 11.5 Å². The van der Waals surface area contributed by atoms with Crippen molar-refractivity contribution >= 4 is 5.97 Å². The van der Waals surface area contributed by atoms with Gasteiger partial charge in [0.05, 0.1) is 5.56 Å². The molecule has 0 aliphatic rings. The van der Waals surface area contributed by atoms with Crippen LogP contribution in [0.5, 0.6) is 0 Å². The average Bonchev–Trinajstić information content (AvgIpc) is 2.07. The van der Waals surface area contributed by atoms with Crippen molar-refractivity contribution in [3.8, 4) is 6.26 Å². The highest BCUT2D eigenvalue weighted by molar-refractivity contribution is 5.89. The molecule has 0 saturated carbocycles. The first-order valence-electron chi connectivity index (χ1n) is 2.85. The second kappa shape index (κ2) is 3.32.